The number of carboxylic acid groups (broad SMARTS) is 1. The van der Waals surface area contributed by atoms with Gasteiger partial charge in [-0.3, -0.25) is 9.59 Å². The number of amides is 1. The lowest BCUT2D eigenvalue weighted by Gasteiger charge is -2.41. The molecular weight excluding hydrogens is 301 g/mol. The lowest BCUT2D eigenvalue weighted by molar-refractivity contribution is -0.143. The van der Waals surface area contributed by atoms with Crippen LogP contribution in [0.5, 0.6) is 0 Å². The minimum absolute atomic E-state index is 0.267. The number of benzene rings is 1. The number of carbonyl (C=O) groups is 2. The fraction of sp³-hybridized carbons (Fsp3) is 0.429. The van der Waals surface area contributed by atoms with E-state index in [1.165, 1.54) is 6.92 Å². The smallest absolute Gasteiger partial charge is 0.325 e. The minimum Gasteiger partial charge on any atom is -0.480 e. The van der Waals surface area contributed by atoms with E-state index in [1.54, 1.807) is 18.2 Å². The van der Waals surface area contributed by atoms with Gasteiger partial charge >= 0.3 is 5.97 Å². The average molecular weight is 316 g/mol. The molecule has 0 bridgehead atoms. The van der Waals surface area contributed by atoms with Gasteiger partial charge in [0.1, 0.15) is 6.04 Å². The predicted molar refractivity (Wildman–Crippen MR) is 77.2 cm³/mol. The van der Waals surface area contributed by atoms with Gasteiger partial charge in [0.2, 0.25) is 5.91 Å². The summed E-state index contributed by atoms with van der Waals surface area (Å²) in [5.41, 5.74) is 0.103. The van der Waals surface area contributed by atoms with Crippen LogP contribution in [-0.2, 0) is 15.0 Å². The van der Waals surface area contributed by atoms with E-state index in [0.717, 1.165) is 12.0 Å². The molecule has 1 aliphatic rings. The van der Waals surface area contributed by atoms with Gasteiger partial charge in [-0.25, -0.2) is 0 Å². The molecule has 6 heteroatoms. The van der Waals surface area contributed by atoms with Crippen molar-refractivity contribution in [1.82, 2.24) is 5.32 Å². The first-order valence-corrected chi connectivity index (χ1v) is 7.12. The first-order valence-electron chi connectivity index (χ1n) is 6.36. The van der Waals surface area contributed by atoms with E-state index in [2.05, 4.69) is 5.32 Å². The molecule has 2 N–H and O–H groups in total. The van der Waals surface area contributed by atoms with Gasteiger partial charge in [-0.2, -0.15) is 0 Å². The Labute approximate surface area is 127 Å². The summed E-state index contributed by atoms with van der Waals surface area (Å²) >= 11 is 11.9. The SMILES string of the molecule is C[C@H](NC(=O)C1(c2ccc(Cl)c(Cl)c2)CCC1)C(=O)O. The van der Waals surface area contributed by atoms with Gasteiger partial charge in [-0.05, 0) is 37.5 Å². The molecule has 0 aromatic heterocycles. The van der Waals surface area contributed by atoms with Gasteiger partial charge in [0.05, 0.1) is 15.5 Å². The van der Waals surface area contributed by atoms with Gasteiger partial charge in [0.15, 0.2) is 0 Å². The number of nitrogens with one attached hydrogen (secondary N) is 1. The maximum Gasteiger partial charge on any atom is 0.325 e. The topological polar surface area (TPSA) is 66.4 Å². The van der Waals surface area contributed by atoms with Crippen molar-refractivity contribution in [2.75, 3.05) is 0 Å². The molecule has 1 aliphatic carbocycles. The molecule has 20 heavy (non-hydrogen) atoms. The molecule has 1 aromatic carbocycles. The van der Waals surface area contributed by atoms with Gasteiger partial charge < -0.3 is 10.4 Å². The third-order valence-corrected chi connectivity index (χ3v) is 4.57. The van der Waals surface area contributed by atoms with Gasteiger partial charge in [0.25, 0.3) is 0 Å². The molecule has 2 rings (SSSR count). The molecule has 1 fully saturated rings. The lowest BCUT2D eigenvalue weighted by atomic mass is 9.63. The van der Waals surface area contributed by atoms with Crippen molar-refractivity contribution in [1.29, 1.82) is 0 Å². The number of carbonyl (C=O) groups excluding carboxylic acids is 1. The van der Waals surface area contributed by atoms with Crippen LogP contribution in [0.3, 0.4) is 0 Å². The molecule has 4 nitrogen and oxygen atoms in total. The molecule has 0 unspecified atom stereocenters. The van der Waals surface area contributed by atoms with Crippen LogP contribution in [0.2, 0.25) is 10.0 Å². The highest BCUT2D eigenvalue weighted by molar-refractivity contribution is 6.42. The summed E-state index contributed by atoms with van der Waals surface area (Å²) in [7, 11) is 0. The van der Waals surface area contributed by atoms with Crippen molar-refractivity contribution in [2.24, 2.45) is 0 Å². The predicted octanol–water partition coefficient (Wildman–Crippen LogP) is 3.00. The highest BCUT2D eigenvalue weighted by Crippen LogP contribution is 2.45. The van der Waals surface area contributed by atoms with E-state index >= 15 is 0 Å². The number of hydrogen-bond donors (Lipinski definition) is 2. The molecule has 1 amide bonds. The lowest BCUT2D eigenvalue weighted by Crippen LogP contribution is -2.53. The van der Waals surface area contributed by atoms with Crippen LogP contribution in [0.15, 0.2) is 18.2 Å². The van der Waals surface area contributed by atoms with Crippen molar-refractivity contribution in [3.63, 3.8) is 0 Å². The zero-order chi connectivity index (χ0) is 14.9. The van der Waals surface area contributed by atoms with Crippen molar-refractivity contribution >= 4 is 35.1 Å². The average Bonchev–Trinajstić information content (AvgIpc) is 2.32. The van der Waals surface area contributed by atoms with Gasteiger partial charge in [0, 0.05) is 0 Å². The summed E-state index contributed by atoms with van der Waals surface area (Å²) in [5, 5.41) is 12.3. The van der Waals surface area contributed by atoms with Crippen LogP contribution >= 0.6 is 23.2 Å². The molecule has 1 saturated carbocycles. The molecule has 0 heterocycles. The molecule has 0 saturated heterocycles. The van der Waals surface area contributed by atoms with E-state index < -0.39 is 17.4 Å². The van der Waals surface area contributed by atoms with E-state index in [0.29, 0.717) is 22.9 Å². The van der Waals surface area contributed by atoms with E-state index in [4.69, 9.17) is 28.3 Å². The fourth-order valence-corrected chi connectivity index (χ4v) is 2.67. The number of rotatable bonds is 4. The maximum atomic E-state index is 12.4. The summed E-state index contributed by atoms with van der Waals surface area (Å²) in [6, 6.07) is 4.21. The van der Waals surface area contributed by atoms with Crippen LogP contribution in [0, 0.1) is 0 Å². The normalized spacial score (nSPS) is 17.9. The van der Waals surface area contributed by atoms with Crippen molar-refractivity contribution in [3.8, 4) is 0 Å². The largest absolute Gasteiger partial charge is 0.480 e. The van der Waals surface area contributed by atoms with E-state index in [9.17, 15) is 9.59 Å². The second-order valence-corrected chi connectivity index (χ2v) is 5.91. The summed E-state index contributed by atoms with van der Waals surface area (Å²) in [6.07, 6.45) is 2.29. The Kier molecular flexibility index (Phi) is 4.25. The molecule has 1 aromatic rings. The number of carboxylic acids is 1. The maximum absolute atomic E-state index is 12.4. The first-order chi connectivity index (χ1) is 9.36. The standard InChI is InChI=1S/C14H15Cl2NO3/c1-8(12(18)19)17-13(20)14(5-2-6-14)9-3-4-10(15)11(16)7-9/h3-4,7-8H,2,5-6H2,1H3,(H,17,20)(H,18,19)/t8-/m0/s1. The summed E-state index contributed by atoms with van der Waals surface area (Å²) in [6.45, 7) is 1.45. The summed E-state index contributed by atoms with van der Waals surface area (Å²) < 4.78 is 0. The number of aliphatic carboxylic acids is 1. The first kappa shape index (κ1) is 15.1. The van der Waals surface area contributed by atoms with Gasteiger partial charge in [-0.1, -0.05) is 35.7 Å². The van der Waals surface area contributed by atoms with E-state index in [1.807, 2.05) is 0 Å². The monoisotopic (exact) mass is 315 g/mol. The minimum atomic E-state index is -1.05. The Morgan fingerprint density at radius 2 is 1.95 bits per heavy atom. The number of hydrogen-bond acceptors (Lipinski definition) is 2. The van der Waals surface area contributed by atoms with Gasteiger partial charge in [-0.15, -0.1) is 0 Å². The van der Waals surface area contributed by atoms with Crippen LogP contribution in [0.1, 0.15) is 31.7 Å². The Bertz CT molecular complexity index is 555. The zero-order valence-electron chi connectivity index (χ0n) is 11.0. The summed E-state index contributed by atoms with van der Waals surface area (Å²) in [5.74, 6) is -1.32. The van der Waals surface area contributed by atoms with Crippen LogP contribution in [0.4, 0.5) is 0 Å². The Morgan fingerprint density at radius 1 is 1.30 bits per heavy atom. The van der Waals surface area contributed by atoms with Crippen LogP contribution < -0.4 is 5.32 Å². The second kappa shape index (κ2) is 5.62. The molecular formula is C14H15Cl2NO3. The van der Waals surface area contributed by atoms with Crippen molar-refractivity contribution < 1.29 is 14.7 Å². The van der Waals surface area contributed by atoms with Crippen molar-refractivity contribution in [2.45, 2.75) is 37.6 Å². The third kappa shape index (κ3) is 2.63. The van der Waals surface area contributed by atoms with Crippen LogP contribution in [0.25, 0.3) is 0 Å². The number of halogens is 2. The Hall–Kier alpha value is -1.26. The molecule has 0 radical (unpaired) electrons. The molecule has 0 aliphatic heterocycles. The van der Waals surface area contributed by atoms with Crippen LogP contribution in [-0.4, -0.2) is 23.0 Å². The highest BCUT2D eigenvalue weighted by Gasteiger charge is 2.46. The summed E-state index contributed by atoms with van der Waals surface area (Å²) in [4.78, 5) is 23.3. The fourth-order valence-electron chi connectivity index (χ4n) is 2.37. The third-order valence-electron chi connectivity index (χ3n) is 3.83. The molecule has 108 valence electrons. The molecule has 1 atom stereocenters. The quantitative estimate of drug-likeness (QED) is 0.897. The highest BCUT2D eigenvalue weighted by atomic mass is 35.5. The second-order valence-electron chi connectivity index (χ2n) is 5.10. The zero-order valence-corrected chi connectivity index (χ0v) is 12.5. The Balaban J connectivity index is 2.27. The van der Waals surface area contributed by atoms with Crippen molar-refractivity contribution in [3.05, 3.63) is 33.8 Å². The Morgan fingerprint density at radius 3 is 2.40 bits per heavy atom. The molecule has 0 spiro atoms. The van der Waals surface area contributed by atoms with E-state index in [-0.39, 0.29) is 5.91 Å².